The zero-order valence-corrected chi connectivity index (χ0v) is 11.7. The second-order valence-corrected chi connectivity index (χ2v) is 5.46. The summed E-state index contributed by atoms with van der Waals surface area (Å²) in [5.74, 6) is 3.89. The molecule has 0 aromatic rings. The monoisotopic (exact) mass is 250 g/mol. The van der Waals surface area contributed by atoms with E-state index in [9.17, 15) is 0 Å². The number of rotatable bonds is 0. The molecule has 5 nitrogen and oxygen atoms in total. The lowest BCUT2D eigenvalue weighted by molar-refractivity contribution is 0.0769. The van der Waals surface area contributed by atoms with Gasteiger partial charge in [0.15, 0.2) is 5.82 Å². The molecular formula is C13H22N4O. The number of hydrogen-bond acceptors (Lipinski definition) is 5. The zero-order valence-electron chi connectivity index (χ0n) is 11.7. The van der Waals surface area contributed by atoms with Gasteiger partial charge in [-0.05, 0) is 6.42 Å². The van der Waals surface area contributed by atoms with E-state index in [1.807, 2.05) is 0 Å². The summed E-state index contributed by atoms with van der Waals surface area (Å²) < 4.78 is 5.79. The number of ether oxygens (including phenoxy) is 1. The Balaban J connectivity index is 2.01. The van der Waals surface area contributed by atoms with Crippen LogP contribution in [0.25, 0.3) is 0 Å². The normalized spacial score (nSPS) is 27.8. The van der Waals surface area contributed by atoms with Gasteiger partial charge in [-0.25, -0.2) is 0 Å². The van der Waals surface area contributed by atoms with E-state index in [0.29, 0.717) is 5.92 Å². The number of nitrogens with one attached hydrogen (secondary N) is 1. The van der Waals surface area contributed by atoms with Gasteiger partial charge in [-0.2, -0.15) is 0 Å². The first kappa shape index (κ1) is 11.6. The van der Waals surface area contributed by atoms with Crippen molar-refractivity contribution in [3.8, 4) is 0 Å². The van der Waals surface area contributed by atoms with Crippen LogP contribution < -0.4 is 5.32 Å². The molecule has 3 aliphatic heterocycles. The van der Waals surface area contributed by atoms with E-state index >= 15 is 0 Å². The second kappa shape index (κ2) is 4.00. The Labute approximate surface area is 109 Å². The Morgan fingerprint density at radius 3 is 2.61 bits per heavy atom. The summed E-state index contributed by atoms with van der Waals surface area (Å²) in [6.07, 6.45) is 1.19. The maximum atomic E-state index is 5.79. The van der Waals surface area contributed by atoms with E-state index in [0.717, 1.165) is 31.4 Å². The number of nitrogens with zero attached hydrogens (tertiary/aromatic N) is 3. The van der Waals surface area contributed by atoms with Gasteiger partial charge in [0.05, 0.1) is 12.2 Å². The Bertz CT molecular complexity index is 429. The third kappa shape index (κ3) is 1.53. The zero-order chi connectivity index (χ0) is 12.9. The lowest BCUT2D eigenvalue weighted by Gasteiger charge is -2.46. The molecule has 0 aromatic heterocycles. The molecule has 0 radical (unpaired) electrons. The van der Waals surface area contributed by atoms with Gasteiger partial charge in [0.2, 0.25) is 5.88 Å². The molecule has 3 aliphatic rings. The first-order valence-corrected chi connectivity index (χ1v) is 6.64. The highest BCUT2D eigenvalue weighted by atomic mass is 16.5. The molecule has 18 heavy (non-hydrogen) atoms. The van der Waals surface area contributed by atoms with Crippen LogP contribution in [0.4, 0.5) is 0 Å². The lowest BCUT2D eigenvalue weighted by Crippen LogP contribution is -2.50. The van der Waals surface area contributed by atoms with Crippen molar-refractivity contribution in [1.82, 2.24) is 20.0 Å². The van der Waals surface area contributed by atoms with Crippen molar-refractivity contribution in [1.29, 1.82) is 0 Å². The van der Waals surface area contributed by atoms with Crippen LogP contribution in [-0.4, -0.2) is 55.5 Å². The quantitative estimate of drug-likeness (QED) is 0.685. The number of hydrogen-bond donors (Lipinski definition) is 1. The summed E-state index contributed by atoms with van der Waals surface area (Å²) in [6.45, 7) is 5.08. The third-order valence-corrected chi connectivity index (χ3v) is 4.11. The van der Waals surface area contributed by atoms with Gasteiger partial charge in [0.25, 0.3) is 0 Å². The van der Waals surface area contributed by atoms with Gasteiger partial charge in [0, 0.05) is 33.6 Å². The fourth-order valence-corrected chi connectivity index (χ4v) is 3.03. The molecule has 100 valence electrons. The maximum Gasteiger partial charge on any atom is 0.233 e. The summed E-state index contributed by atoms with van der Waals surface area (Å²) in [6, 6.07) is 0. The highest BCUT2D eigenvalue weighted by molar-refractivity contribution is 5.29. The average molecular weight is 250 g/mol. The molecule has 0 spiro atoms. The molecule has 5 heteroatoms. The number of likely N-dealkylation sites (N-methyl/N-ethyl adjacent to an activating group) is 1. The minimum absolute atomic E-state index is 0.559. The maximum absolute atomic E-state index is 5.79. The molecule has 0 saturated heterocycles. The van der Waals surface area contributed by atoms with E-state index in [4.69, 9.17) is 4.74 Å². The highest BCUT2D eigenvalue weighted by Crippen LogP contribution is 2.34. The van der Waals surface area contributed by atoms with Gasteiger partial charge in [0.1, 0.15) is 12.4 Å². The fraction of sp³-hybridized carbons (Fsp3) is 0.692. The predicted octanol–water partition coefficient (Wildman–Crippen LogP) is 0.751. The Morgan fingerprint density at radius 1 is 1.11 bits per heavy atom. The van der Waals surface area contributed by atoms with E-state index in [1.54, 1.807) is 0 Å². The van der Waals surface area contributed by atoms with Crippen LogP contribution in [0, 0.1) is 5.92 Å². The number of allylic oxidation sites excluding steroid dienone is 1. The predicted molar refractivity (Wildman–Crippen MR) is 69.9 cm³/mol. The average Bonchev–Trinajstić information content (AvgIpc) is 2.34. The molecule has 0 bridgehead atoms. The smallest absolute Gasteiger partial charge is 0.233 e. The van der Waals surface area contributed by atoms with E-state index < -0.39 is 0 Å². The highest BCUT2D eigenvalue weighted by Gasteiger charge is 2.36. The lowest BCUT2D eigenvalue weighted by atomic mass is 9.98. The van der Waals surface area contributed by atoms with Crippen LogP contribution in [0.3, 0.4) is 0 Å². The first-order chi connectivity index (χ1) is 8.59. The molecule has 3 heterocycles. The topological polar surface area (TPSA) is 31.0 Å². The van der Waals surface area contributed by atoms with Crippen molar-refractivity contribution in [3.05, 3.63) is 23.2 Å². The molecule has 1 N–H and O–H groups in total. The Morgan fingerprint density at radius 2 is 1.83 bits per heavy atom. The van der Waals surface area contributed by atoms with Crippen molar-refractivity contribution < 1.29 is 4.74 Å². The third-order valence-electron chi connectivity index (χ3n) is 4.11. The summed E-state index contributed by atoms with van der Waals surface area (Å²) in [5, 5.41) is 3.51. The summed E-state index contributed by atoms with van der Waals surface area (Å²) in [5.41, 5.74) is 1.29. The van der Waals surface area contributed by atoms with Crippen LogP contribution >= 0.6 is 0 Å². The van der Waals surface area contributed by atoms with Gasteiger partial charge < -0.3 is 24.8 Å². The van der Waals surface area contributed by atoms with Gasteiger partial charge in [-0.15, -0.1) is 0 Å². The molecule has 0 aliphatic carbocycles. The molecule has 1 atom stereocenters. The molecule has 0 saturated carbocycles. The molecule has 0 aromatic carbocycles. The van der Waals surface area contributed by atoms with E-state index in [1.165, 1.54) is 17.9 Å². The van der Waals surface area contributed by atoms with Crippen LogP contribution in [0.1, 0.15) is 13.3 Å². The first-order valence-electron chi connectivity index (χ1n) is 6.64. The fourth-order valence-electron chi connectivity index (χ4n) is 3.03. The van der Waals surface area contributed by atoms with E-state index in [2.05, 4.69) is 48.1 Å². The molecular weight excluding hydrogens is 228 g/mol. The van der Waals surface area contributed by atoms with Crippen molar-refractivity contribution in [2.45, 2.75) is 13.3 Å². The minimum Gasteiger partial charge on any atom is -0.475 e. The summed E-state index contributed by atoms with van der Waals surface area (Å²) in [4.78, 5) is 6.84. The summed E-state index contributed by atoms with van der Waals surface area (Å²) >= 11 is 0. The van der Waals surface area contributed by atoms with Crippen LogP contribution in [0.5, 0.6) is 0 Å². The van der Waals surface area contributed by atoms with Crippen LogP contribution in [0.15, 0.2) is 23.2 Å². The molecule has 1 unspecified atom stereocenters. The van der Waals surface area contributed by atoms with Crippen LogP contribution in [0.2, 0.25) is 0 Å². The van der Waals surface area contributed by atoms with Crippen molar-refractivity contribution in [2.75, 3.05) is 40.8 Å². The summed E-state index contributed by atoms with van der Waals surface area (Å²) in [7, 11) is 6.41. The minimum atomic E-state index is 0.559. The molecule has 3 rings (SSSR count). The standard InChI is InChI=1S/C13H22N4O/c1-9-5-6-15(2)12-10(9)14-11-13(17(12)4)16(3)7-8-18-11/h9,14H,5-8H2,1-4H3. The van der Waals surface area contributed by atoms with Crippen molar-refractivity contribution in [2.24, 2.45) is 5.92 Å². The van der Waals surface area contributed by atoms with Gasteiger partial charge in [-0.3, -0.25) is 0 Å². The van der Waals surface area contributed by atoms with Crippen LogP contribution in [-0.2, 0) is 4.74 Å². The van der Waals surface area contributed by atoms with Gasteiger partial charge >= 0.3 is 0 Å². The van der Waals surface area contributed by atoms with Gasteiger partial charge in [-0.1, -0.05) is 6.92 Å². The molecule has 0 amide bonds. The Kier molecular flexibility index (Phi) is 2.57. The largest absolute Gasteiger partial charge is 0.475 e. The van der Waals surface area contributed by atoms with Crippen molar-refractivity contribution >= 4 is 0 Å². The SMILES string of the molecule is CC1CCN(C)C2=C1NC1=C(N(C)CCO1)N2C. The van der Waals surface area contributed by atoms with E-state index in [-0.39, 0.29) is 0 Å². The second-order valence-electron chi connectivity index (χ2n) is 5.46. The Hall–Kier alpha value is -1.52. The molecule has 0 fully saturated rings. The van der Waals surface area contributed by atoms with Crippen molar-refractivity contribution in [3.63, 3.8) is 0 Å².